The van der Waals surface area contributed by atoms with Crippen LogP contribution in [0.5, 0.6) is 5.75 Å². The molecule has 0 radical (unpaired) electrons. The van der Waals surface area contributed by atoms with E-state index in [4.69, 9.17) is 9.88 Å². The van der Waals surface area contributed by atoms with Gasteiger partial charge in [0, 0.05) is 0 Å². The Balaban J connectivity index is 1.75. The number of rotatable bonds is 4. The fourth-order valence-electron chi connectivity index (χ4n) is 4.25. The summed E-state index contributed by atoms with van der Waals surface area (Å²) < 4.78 is 28.3. The van der Waals surface area contributed by atoms with Gasteiger partial charge in [0.15, 0.2) is 0 Å². The fourth-order valence-corrected chi connectivity index (χ4v) is 4.76. The van der Waals surface area contributed by atoms with E-state index in [2.05, 4.69) is 12.1 Å². The fraction of sp³-hybridized carbons (Fsp3) is 0.333. The third-order valence-electron chi connectivity index (χ3n) is 5.85. The van der Waals surface area contributed by atoms with Crippen LogP contribution in [-0.4, -0.2) is 15.5 Å². The molecule has 0 amide bonds. The van der Waals surface area contributed by atoms with Gasteiger partial charge in [-0.15, -0.1) is 0 Å². The topological polar surface area (TPSA) is 69.4 Å². The molecule has 4 nitrogen and oxygen atoms in total. The summed E-state index contributed by atoms with van der Waals surface area (Å²) in [7, 11) is -1.99. The van der Waals surface area contributed by atoms with E-state index < -0.39 is 10.0 Å². The molecular formula is C21H23NO3S. The quantitative estimate of drug-likeness (QED) is 0.877. The minimum atomic E-state index is -3.66. The molecule has 26 heavy (non-hydrogen) atoms. The summed E-state index contributed by atoms with van der Waals surface area (Å²) in [5.74, 6) is 0.852. The molecule has 0 aromatic heterocycles. The zero-order chi connectivity index (χ0) is 18.4. The van der Waals surface area contributed by atoms with Crippen LogP contribution in [0.1, 0.15) is 43.2 Å². The van der Waals surface area contributed by atoms with Gasteiger partial charge in [-0.05, 0) is 77.6 Å². The molecule has 0 bridgehead atoms. The maximum atomic E-state index is 11.5. The van der Waals surface area contributed by atoms with Gasteiger partial charge in [0.2, 0.25) is 10.0 Å². The monoisotopic (exact) mass is 369 g/mol. The average Bonchev–Trinajstić information content (AvgIpc) is 3.03. The highest BCUT2D eigenvalue weighted by molar-refractivity contribution is 7.89. The van der Waals surface area contributed by atoms with Gasteiger partial charge in [-0.1, -0.05) is 30.7 Å². The first-order valence-electron chi connectivity index (χ1n) is 8.90. The lowest BCUT2D eigenvalue weighted by molar-refractivity contribution is 0.157. The lowest BCUT2D eigenvalue weighted by Gasteiger charge is -2.39. The highest BCUT2D eigenvalue weighted by Gasteiger charge is 2.43. The van der Waals surface area contributed by atoms with Crippen molar-refractivity contribution >= 4 is 21.2 Å². The number of allylic oxidation sites excluding steroid dienone is 2. The highest BCUT2D eigenvalue weighted by Crippen LogP contribution is 2.59. The smallest absolute Gasteiger partial charge is 0.238 e. The summed E-state index contributed by atoms with van der Waals surface area (Å²) in [5.41, 5.74) is 5.40. The number of hydrogen-bond acceptors (Lipinski definition) is 3. The molecule has 0 aliphatic heterocycles. The van der Waals surface area contributed by atoms with Crippen molar-refractivity contribution in [2.24, 2.45) is 10.6 Å². The predicted octanol–water partition coefficient (Wildman–Crippen LogP) is 4.22. The van der Waals surface area contributed by atoms with Gasteiger partial charge >= 0.3 is 0 Å². The van der Waals surface area contributed by atoms with Gasteiger partial charge in [-0.3, -0.25) is 0 Å². The lowest BCUT2D eigenvalue weighted by Crippen LogP contribution is -2.26. The molecule has 2 N–H and O–H groups in total. The Labute approximate surface area is 154 Å². The number of sulfonamides is 1. The Morgan fingerprint density at radius 2 is 1.38 bits per heavy atom. The van der Waals surface area contributed by atoms with E-state index in [-0.39, 0.29) is 4.90 Å². The van der Waals surface area contributed by atoms with Crippen LogP contribution in [0.25, 0.3) is 11.1 Å². The van der Waals surface area contributed by atoms with Gasteiger partial charge in [0.1, 0.15) is 5.75 Å². The lowest BCUT2D eigenvalue weighted by atomic mass is 9.66. The SMILES string of the molecule is COc1ccc(C2=C(c3ccc(S(N)(=O)=O)cc3)CC3(CCC3)C2)cc1. The van der Waals surface area contributed by atoms with E-state index in [1.54, 1.807) is 19.2 Å². The molecule has 1 fully saturated rings. The van der Waals surface area contributed by atoms with Gasteiger partial charge < -0.3 is 4.74 Å². The Bertz CT molecular complexity index is 953. The normalized spacial score (nSPS) is 18.8. The van der Waals surface area contributed by atoms with E-state index in [0.717, 1.165) is 24.2 Å². The summed E-state index contributed by atoms with van der Waals surface area (Å²) in [6, 6.07) is 15.2. The van der Waals surface area contributed by atoms with Gasteiger partial charge in [0.05, 0.1) is 12.0 Å². The molecule has 2 aliphatic carbocycles. The van der Waals surface area contributed by atoms with Crippen LogP contribution in [0.4, 0.5) is 0 Å². The second-order valence-electron chi connectivity index (χ2n) is 7.46. The van der Waals surface area contributed by atoms with Crippen molar-refractivity contribution in [1.82, 2.24) is 0 Å². The van der Waals surface area contributed by atoms with Crippen molar-refractivity contribution < 1.29 is 13.2 Å². The van der Waals surface area contributed by atoms with Gasteiger partial charge in [-0.25, -0.2) is 13.6 Å². The molecule has 0 unspecified atom stereocenters. The third-order valence-corrected chi connectivity index (χ3v) is 6.78. The van der Waals surface area contributed by atoms with Crippen molar-refractivity contribution in [3.8, 4) is 5.75 Å². The van der Waals surface area contributed by atoms with Crippen LogP contribution >= 0.6 is 0 Å². The van der Waals surface area contributed by atoms with E-state index in [1.165, 1.54) is 36.0 Å². The van der Waals surface area contributed by atoms with Crippen molar-refractivity contribution in [2.45, 2.75) is 37.0 Å². The van der Waals surface area contributed by atoms with Crippen LogP contribution in [0.2, 0.25) is 0 Å². The number of nitrogens with two attached hydrogens (primary N) is 1. The summed E-state index contributed by atoms with van der Waals surface area (Å²) in [6.45, 7) is 0. The molecule has 136 valence electrons. The number of methoxy groups -OCH3 is 1. The second-order valence-corrected chi connectivity index (χ2v) is 9.02. The first-order chi connectivity index (χ1) is 12.4. The molecule has 0 heterocycles. The number of ether oxygens (including phenoxy) is 1. The summed E-state index contributed by atoms with van der Waals surface area (Å²) in [5, 5.41) is 5.23. The number of benzene rings is 2. The predicted molar refractivity (Wildman–Crippen MR) is 103 cm³/mol. The Hall–Kier alpha value is -2.11. The summed E-state index contributed by atoms with van der Waals surface area (Å²) in [6.07, 6.45) is 5.99. The van der Waals surface area contributed by atoms with Gasteiger partial charge in [-0.2, -0.15) is 0 Å². The van der Waals surface area contributed by atoms with Crippen molar-refractivity contribution in [1.29, 1.82) is 0 Å². The third kappa shape index (κ3) is 3.06. The summed E-state index contributed by atoms with van der Waals surface area (Å²) in [4.78, 5) is 0.157. The van der Waals surface area contributed by atoms with E-state index >= 15 is 0 Å². The minimum absolute atomic E-state index is 0.157. The zero-order valence-corrected chi connectivity index (χ0v) is 15.7. The Morgan fingerprint density at radius 1 is 0.885 bits per heavy atom. The van der Waals surface area contributed by atoms with Crippen molar-refractivity contribution in [2.75, 3.05) is 7.11 Å². The molecule has 2 aliphatic rings. The van der Waals surface area contributed by atoms with E-state index in [9.17, 15) is 8.42 Å². The molecule has 1 saturated carbocycles. The minimum Gasteiger partial charge on any atom is -0.497 e. The van der Waals surface area contributed by atoms with Gasteiger partial charge in [0.25, 0.3) is 0 Å². The first-order valence-corrected chi connectivity index (χ1v) is 10.4. The number of hydrogen-bond donors (Lipinski definition) is 1. The Morgan fingerprint density at radius 3 is 1.77 bits per heavy atom. The van der Waals surface area contributed by atoms with Crippen molar-refractivity contribution in [3.05, 3.63) is 59.7 Å². The molecule has 0 atom stereocenters. The van der Waals surface area contributed by atoms with Crippen molar-refractivity contribution in [3.63, 3.8) is 0 Å². The maximum Gasteiger partial charge on any atom is 0.238 e. The van der Waals surface area contributed by atoms with Crippen LogP contribution in [-0.2, 0) is 10.0 Å². The van der Waals surface area contributed by atoms with Crippen LogP contribution < -0.4 is 9.88 Å². The molecule has 2 aromatic rings. The van der Waals surface area contributed by atoms with Crippen LogP contribution in [0, 0.1) is 5.41 Å². The molecule has 5 heteroatoms. The summed E-state index contributed by atoms with van der Waals surface area (Å²) >= 11 is 0. The van der Waals surface area contributed by atoms with E-state index in [0.29, 0.717) is 5.41 Å². The van der Waals surface area contributed by atoms with Crippen LogP contribution in [0.3, 0.4) is 0 Å². The molecule has 4 rings (SSSR count). The number of primary sulfonamides is 1. The molecular weight excluding hydrogens is 346 g/mol. The molecule has 2 aromatic carbocycles. The standard InChI is InChI=1S/C21H23NO3S/c1-25-17-7-3-15(4-8-17)19-13-21(11-2-12-21)14-20(19)16-5-9-18(10-6-16)26(22,23)24/h3-10H,2,11-14H2,1H3,(H2,22,23,24). The maximum absolute atomic E-state index is 11.5. The Kier molecular flexibility index (Phi) is 4.16. The first kappa shape index (κ1) is 17.3. The molecule has 0 saturated heterocycles. The molecule has 1 spiro atoms. The largest absolute Gasteiger partial charge is 0.497 e. The zero-order valence-electron chi connectivity index (χ0n) is 14.9. The average molecular weight is 369 g/mol. The second kappa shape index (κ2) is 6.25. The highest BCUT2D eigenvalue weighted by atomic mass is 32.2. The van der Waals surface area contributed by atoms with E-state index in [1.807, 2.05) is 24.3 Å². The van der Waals surface area contributed by atoms with Crippen LogP contribution in [0.15, 0.2) is 53.4 Å².